The zero-order valence-electron chi connectivity index (χ0n) is 10.7. The van der Waals surface area contributed by atoms with Gasteiger partial charge >= 0.3 is 0 Å². The molecule has 2 heteroatoms. The third kappa shape index (κ3) is 2.22. The second-order valence-electron chi connectivity index (χ2n) is 5.50. The van der Waals surface area contributed by atoms with Crippen molar-refractivity contribution in [1.82, 2.24) is 0 Å². The monoisotopic (exact) mass is 258 g/mol. The molecule has 1 saturated carbocycles. The molecule has 0 spiro atoms. The molecular formula is C16H18OS. The molecule has 1 nitrogen and oxygen atoms in total. The summed E-state index contributed by atoms with van der Waals surface area (Å²) in [5, 5.41) is 3.57. The number of carbonyl (C=O) groups is 1. The fraction of sp³-hybridized carbons (Fsp3) is 0.438. The first kappa shape index (κ1) is 11.9. The number of benzene rings is 1. The summed E-state index contributed by atoms with van der Waals surface area (Å²) in [6.07, 6.45) is 3.88. The third-order valence-corrected chi connectivity index (χ3v) is 5.07. The Balaban J connectivity index is 1.85. The SMILES string of the molecule is CC1CCC(=O)C(Cc2csc3ccccc23)C1. The van der Waals surface area contributed by atoms with Crippen LogP contribution in [-0.4, -0.2) is 5.78 Å². The molecule has 0 bridgehead atoms. The van der Waals surface area contributed by atoms with Gasteiger partial charge in [-0.3, -0.25) is 4.79 Å². The van der Waals surface area contributed by atoms with E-state index in [-0.39, 0.29) is 5.92 Å². The summed E-state index contributed by atoms with van der Waals surface area (Å²) in [4.78, 5) is 12.0. The van der Waals surface area contributed by atoms with E-state index in [0.29, 0.717) is 11.7 Å². The molecule has 0 saturated heterocycles. The molecular weight excluding hydrogens is 240 g/mol. The van der Waals surface area contributed by atoms with Crippen LogP contribution in [0.4, 0.5) is 0 Å². The molecule has 0 amide bonds. The molecule has 0 N–H and O–H groups in total. The van der Waals surface area contributed by atoms with Crippen LogP contribution in [-0.2, 0) is 11.2 Å². The van der Waals surface area contributed by atoms with E-state index < -0.39 is 0 Å². The quantitative estimate of drug-likeness (QED) is 0.778. The topological polar surface area (TPSA) is 17.1 Å². The number of ketones is 1. The molecule has 3 rings (SSSR count). The van der Waals surface area contributed by atoms with Gasteiger partial charge in [-0.1, -0.05) is 25.1 Å². The van der Waals surface area contributed by atoms with Gasteiger partial charge in [0.05, 0.1) is 0 Å². The number of hydrogen-bond acceptors (Lipinski definition) is 2. The lowest BCUT2D eigenvalue weighted by molar-refractivity contribution is -0.125. The first-order chi connectivity index (χ1) is 8.74. The summed E-state index contributed by atoms with van der Waals surface area (Å²) in [5.41, 5.74) is 1.36. The Bertz CT molecular complexity index is 569. The van der Waals surface area contributed by atoms with Crippen molar-refractivity contribution in [2.75, 3.05) is 0 Å². The summed E-state index contributed by atoms with van der Waals surface area (Å²) < 4.78 is 1.34. The Morgan fingerprint density at radius 3 is 3.06 bits per heavy atom. The van der Waals surface area contributed by atoms with Crippen LogP contribution in [0.1, 0.15) is 31.7 Å². The standard InChI is InChI=1S/C16H18OS/c1-11-6-7-15(17)12(8-11)9-13-10-18-16-5-3-2-4-14(13)16/h2-5,10-12H,6-9H2,1H3. The first-order valence-corrected chi connectivity index (χ1v) is 7.60. The average Bonchev–Trinajstić information content (AvgIpc) is 2.78. The minimum atomic E-state index is 0.256. The maximum atomic E-state index is 12.0. The van der Waals surface area contributed by atoms with Crippen LogP contribution >= 0.6 is 11.3 Å². The van der Waals surface area contributed by atoms with E-state index in [9.17, 15) is 4.79 Å². The molecule has 2 aromatic rings. The van der Waals surface area contributed by atoms with Crippen molar-refractivity contribution in [3.8, 4) is 0 Å². The summed E-state index contributed by atoms with van der Waals surface area (Å²) in [7, 11) is 0. The van der Waals surface area contributed by atoms with E-state index in [2.05, 4.69) is 36.6 Å². The fourth-order valence-corrected chi connectivity index (χ4v) is 3.96. The van der Waals surface area contributed by atoms with Gasteiger partial charge in [-0.15, -0.1) is 11.3 Å². The highest BCUT2D eigenvalue weighted by atomic mass is 32.1. The van der Waals surface area contributed by atoms with Crippen molar-refractivity contribution >= 4 is 27.2 Å². The zero-order chi connectivity index (χ0) is 12.5. The molecule has 1 aromatic carbocycles. The van der Waals surface area contributed by atoms with E-state index in [0.717, 1.165) is 25.7 Å². The second kappa shape index (κ2) is 4.85. The maximum Gasteiger partial charge on any atom is 0.136 e. The third-order valence-electron chi connectivity index (χ3n) is 4.05. The number of Topliss-reactive ketones (excluding diaryl/α,β-unsaturated/α-hetero) is 1. The molecule has 2 unspecified atom stereocenters. The van der Waals surface area contributed by atoms with E-state index in [1.54, 1.807) is 11.3 Å². The number of hydrogen-bond donors (Lipinski definition) is 0. The first-order valence-electron chi connectivity index (χ1n) is 6.72. The molecule has 0 radical (unpaired) electrons. The van der Waals surface area contributed by atoms with Gasteiger partial charge in [0.1, 0.15) is 5.78 Å². The molecule has 0 aliphatic heterocycles. The Morgan fingerprint density at radius 2 is 2.17 bits per heavy atom. The highest BCUT2D eigenvalue weighted by Crippen LogP contribution is 2.32. The highest BCUT2D eigenvalue weighted by Gasteiger charge is 2.27. The van der Waals surface area contributed by atoms with Crippen molar-refractivity contribution in [1.29, 1.82) is 0 Å². The molecule has 1 aliphatic carbocycles. The summed E-state index contributed by atoms with van der Waals surface area (Å²) >= 11 is 1.79. The summed E-state index contributed by atoms with van der Waals surface area (Å²) in [6, 6.07) is 8.51. The van der Waals surface area contributed by atoms with Gasteiger partial charge in [0, 0.05) is 17.0 Å². The van der Waals surface area contributed by atoms with Gasteiger partial charge in [-0.25, -0.2) is 0 Å². The van der Waals surface area contributed by atoms with Gasteiger partial charge in [-0.2, -0.15) is 0 Å². The molecule has 1 fully saturated rings. The van der Waals surface area contributed by atoms with Crippen molar-refractivity contribution in [3.05, 3.63) is 35.2 Å². The van der Waals surface area contributed by atoms with Crippen molar-refractivity contribution in [3.63, 3.8) is 0 Å². The Morgan fingerprint density at radius 1 is 1.33 bits per heavy atom. The van der Waals surface area contributed by atoms with Gasteiger partial charge < -0.3 is 0 Å². The lowest BCUT2D eigenvalue weighted by Gasteiger charge is -2.25. The van der Waals surface area contributed by atoms with Gasteiger partial charge in [0.25, 0.3) is 0 Å². The number of rotatable bonds is 2. The smallest absolute Gasteiger partial charge is 0.136 e. The molecule has 2 atom stereocenters. The fourth-order valence-electron chi connectivity index (χ4n) is 2.98. The molecule has 1 aromatic heterocycles. The molecule has 18 heavy (non-hydrogen) atoms. The minimum absolute atomic E-state index is 0.256. The van der Waals surface area contributed by atoms with E-state index in [1.807, 2.05) is 0 Å². The lowest BCUT2D eigenvalue weighted by atomic mass is 9.78. The molecule has 94 valence electrons. The Labute approximate surface area is 112 Å². The van der Waals surface area contributed by atoms with Crippen LogP contribution in [0.3, 0.4) is 0 Å². The van der Waals surface area contributed by atoms with E-state index >= 15 is 0 Å². The van der Waals surface area contributed by atoms with E-state index in [4.69, 9.17) is 0 Å². The second-order valence-corrected chi connectivity index (χ2v) is 6.42. The van der Waals surface area contributed by atoms with Crippen LogP contribution in [0.15, 0.2) is 29.6 Å². The van der Waals surface area contributed by atoms with Gasteiger partial charge in [0.15, 0.2) is 0 Å². The van der Waals surface area contributed by atoms with Crippen LogP contribution in [0.2, 0.25) is 0 Å². The Hall–Kier alpha value is -1.15. The van der Waals surface area contributed by atoms with Crippen LogP contribution in [0.25, 0.3) is 10.1 Å². The van der Waals surface area contributed by atoms with Crippen molar-refractivity contribution in [2.45, 2.75) is 32.6 Å². The normalized spacial score (nSPS) is 24.6. The summed E-state index contributed by atoms with van der Waals surface area (Å²) in [5.74, 6) is 1.44. The molecule has 1 aliphatic rings. The maximum absolute atomic E-state index is 12.0. The minimum Gasteiger partial charge on any atom is -0.299 e. The lowest BCUT2D eigenvalue weighted by Crippen LogP contribution is -2.25. The van der Waals surface area contributed by atoms with Crippen LogP contribution in [0, 0.1) is 11.8 Å². The van der Waals surface area contributed by atoms with Gasteiger partial charge in [-0.05, 0) is 47.6 Å². The molecule has 1 heterocycles. The van der Waals surface area contributed by atoms with Crippen molar-refractivity contribution in [2.24, 2.45) is 11.8 Å². The van der Waals surface area contributed by atoms with Gasteiger partial charge in [0.2, 0.25) is 0 Å². The number of thiophene rings is 1. The van der Waals surface area contributed by atoms with Crippen LogP contribution < -0.4 is 0 Å². The van der Waals surface area contributed by atoms with E-state index in [1.165, 1.54) is 15.6 Å². The number of fused-ring (bicyclic) bond motifs is 1. The predicted molar refractivity (Wildman–Crippen MR) is 77.0 cm³/mol. The zero-order valence-corrected chi connectivity index (χ0v) is 11.5. The van der Waals surface area contributed by atoms with Crippen molar-refractivity contribution < 1.29 is 4.79 Å². The Kier molecular flexibility index (Phi) is 3.21. The summed E-state index contributed by atoms with van der Waals surface area (Å²) in [6.45, 7) is 2.27. The highest BCUT2D eigenvalue weighted by molar-refractivity contribution is 7.17. The predicted octanol–water partition coefficient (Wildman–Crippen LogP) is 4.45. The average molecular weight is 258 g/mol. The number of carbonyl (C=O) groups excluding carboxylic acids is 1. The largest absolute Gasteiger partial charge is 0.299 e. The van der Waals surface area contributed by atoms with Crippen LogP contribution in [0.5, 0.6) is 0 Å².